The van der Waals surface area contributed by atoms with E-state index in [1.165, 1.54) is 0 Å². The SMILES string of the molecule is CCCC(NC(=O)c1cc(C)nc2onc(C)c12)c1ccccc1. The molecule has 24 heavy (non-hydrogen) atoms. The van der Waals surface area contributed by atoms with Crippen LogP contribution < -0.4 is 5.32 Å². The number of amides is 1. The number of rotatable bonds is 5. The van der Waals surface area contributed by atoms with E-state index in [0.717, 1.165) is 24.1 Å². The van der Waals surface area contributed by atoms with E-state index in [1.54, 1.807) is 6.07 Å². The summed E-state index contributed by atoms with van der Waals surface area (Å²) in [5.74, 6) is -0.126. The van der Waals surface area contributed by atoms with Crippen molar-refractivity contribution in [3.8, 4) is 0 Å². The molecule has 5 heteroatoms. The number of carbonyl (C=O) groups is 1. The van der Waals surface area contributed by atoms with Crippen LogP contribution in [0.2, 0.25) is 0 Å². The van der Waals surface area contributed by atoms with Crippen LogP contribution in [0.5, 0.6) is 0 Å². The Morgan fingerprint density at radius 1 is 1.25 bits per heavy atom. The highest BCUT2D eigenvalue weighted by molar-refractivity contribution is 6.06. The van der Waals surface area contributed by atoms with Gasteiger partial charge in [0, 0.05) is 5.69 Å². The smallest absolute Gasteiger partial charge is 0.258 e. The van der Waals surface area contributed by atoms with Crippen LogP contribution in [0.1, 0.15) is 53.1 Å². The topological polar surface area (TPSA) is 68.0 Å². The molecule has 0 fully saturated rings. The third kappa shape index (κ3) is 3.15. The molecule has 0 bridgehead atoms. The zero-order valence-corrected chi connectivity index (χ0v) is 14.2. The van der Waals surface area contributed by atoms with E-state index < -0.39 is 0 Å². The van der Waals surface area contributed by atoms with E-state index in [-0.39, 0.29) is 11.9 Å². The number of hydrogen-bond donors (Lipinski definition) is 1. The van der Waals surface area contributed by atoms with E-state index in [9.17, 15) is 4.79 Å². The van der Waals surface area contributed by atoms with Gasteiger partial charge in [-0.1, -0.05) is 48.8 Å². The molecular formula is C19H21N3O2. The molecule has 0 aliphatic rings. The first kappa shape index (κ1) is 16.2. The minimum Gasteiger partial charge on any atom is -0.345 e. The molecule has 1 unspecified atom stereocenters. The molecule has 5 nitrogen and oxygen atoms in total. The summed E-state index contributed by atoms with van der Waals surface area (Å²) in [5, 5.41) is 7.77. The second kappa shape index (κ2) is 6.83. The van der Waals surface area contributed by atoms with Gasteiger partial charge in [-0.3, -0.25) is 4.79 Å². The molecule has 0 aliphatic heterocycles. The summed E-state index contributed by atoms with van der Waals surface area (Å²) in [6, 6.07) is 11.8. The predicted molar refractivity (Wildman–Crippen MR) is 92.8 cm³/mol. The van der Waals surface area contributed by atoms with Gasteiger partial charge in [-0.2, -0.15) is 0 Å². The van der Waals surface area contributed by atoms with Crippen molar-refractivity contribution in [1.82, 2.24) is 15.5 Å². The molecule has 124 valence electrons. The maximum Gasteiger partial charge on any atom is 0.258 e. The monoisotopic (exact) mass is 323 g/mol. The third-order valence-electron chi connectivity index (χ3n) is 4.07. The summed E-state index contributed by atoms with van der Waals surface area (Å²) in [6.45, 7) is 5.77. The molecule has 0 spiro atoms. The molecule has 1 N–H and O–H groups in total. The van der Waals surface area contributed by atoms with Gasteiger partial charge in [0.15, 0.2) is 0 Å². The Labute approximate surface area is 141 Å². The Morgan fingerprint density at radius 2 is 2.00 bits per heavy atom. The van der Waals surface area contributed by atoms with Crippen LogP contribution in [-0.4, -0.2) is 16.0 Å². The molecule has 2 heterocycles. The van der Waals surface area contributed by atoms with Crippen molar-refractivity contribution in [3.63, 3.8) is 0 Å². The summed E-state index contributed by atoms with van der Waals surface area (Å²) in [5.41, 5.74) is 3.49. The Bertz CT molecular complexity index is 856. The van der Waals surface area contributed by atoms with E-state index in [1.807, 2.05) is 44.2 Å². The van der Waals surface area contributed by atoms with Crippen molar-refractivity contribution in [3.05, 3.63) is 58.9 Å². The Balaban J connectivity index is 1.95. The fraction of sp³-hybridized carbons (Fsp3) is 0.316. The lowest BCUT2D eigenvalue weighted by Crippen LogP contribution is -2.28. The largest absolute Gasteiger partial charge is 0.345 e. The number of aromatic nitrogens is 2. The van der Waals surface area contributed by atoms with E-state index in [2.05, 4.69) is 22.4 Å². The fourth-order valence-corrected chi connectivity index (χ4v) is 2.93. The molecule has 0 saturated carbocycles. The lowest BCUT2D eigenvalue weighted by atomic mass is 10.0. The lowest BCUT2D eigenvalue weighted by molar-refractivity contribution is 0.0936. The van der Waals surface area contributed by atoms with Crippen LogP contribution in [-0.2, 0) is 0 Å². The summed E-state index contributed by atoms with van der Waals surface area (Å²) in [7, 11) is 0. The van der Waals surface area contributed by atoms with Gasteiger partial charge in [0.05, 0.1) is 22.7 Å². The average molecular weight is 323 g/mol. The maximum absolute atomic E-state index is 12.9. The number of fused-ring (bicyclic) bond motifs is 1. The molecule has 1 atom stereocenters. The van der Waals surface area contributed by atoms with Crippen LogP contribution >= 0.6 is 0 Å². The summed E-state index contributed by atoms with van der Waals surface area (Å²) in [4.78, 5) is 17.2. The molecule has 1 amide bonds. The van der Waals surface area contributed by atoms with Crippen LogP contribution in [0, 0.1) is 13.8 Å². The van der Waals surface area contributed by atoms with Gasteiger partial charge in [-0.15, -0.1) is 0 Å². The summed E-state index contributed by atoms with van der Waals surface area (Å²) < 4.78 is 5.22. The number of hydrogen-bond acceptors (Lipinski definition) is 4. The number of nitrogens with zero attached hydrogens (tertiary/aromatic N) is 2. The lowest BCUT2D eigenvalue weighted by Gasteiger charge is -2.19. The average Bonchev–Trinajstić information content (AvgIpc) is 2.95. The molecule has 0 saturated heterocycles. The Morgan fingerprint density at radius 3 is 2.71 bits per heavy atom. The summed E-state index contributed by atoms with van der Waals surface area (Å²) in [6.07, 6.45) is 1.86. The van der Waals surface area contributed by atoms with Gasteiger partial charge in [0.1, 0.15) is 0 Å². The van der Waals surface area contributed by atoms with Crippen LogP contribution in [0.3, 0.4) is 0 Å². The van der Waals surface area contributed by atoms with Gasteiger partial charge in [0.2, 0.25) is 0 Å². The zero-order chi connectivity index (χ0) is 17.1. The quantitative estimate of drug-likeness (QED) is 0.767. The third-order valence-corrected chi connectivity index (χ3v) is 4.07. The number of pyridine rings is 1. The molecule has 3 rings (SSSR count). The van der Waals surface area contributed by atoms with Crippen LogP contribution in [0.4, 0.5) is 0 Å². The van der Waals surface area contributed by atoms with Gasteiger partial charge in [0.25, 0.3) is 11.6 Å². The van der Waals surface area contributed by atoms with Gasteiger partial charge >= 0.3 is 0 Å². The predicted octanol–water partition coefficient (Wildman–Crippen LogP) is 4.11. The number of benzene rings is 1. The number of carbonyl (C=O) groups excluding carboxylic acids is 1. The van der Waals surface area contributed by atoms with Crippen molar-refractivity contribution >= 4 is 17.0 Å². The minimum absolute atomic E-state index is 0.0209. The highest BCUT2D eigenvalue weighted by Crippen LogP contribution is 2.24. The van der Waals surface area contributed by atoms with Crippen LogP contribution in [0.15, 0.2) is 40.9 Å². The molecule has 0 radical (unpaired) electrons. The first-order valence-corrected chi connectivity index (χ1v) is 8.19. The van der Waals surface area contributed by atoms with Crippen molar-refractivity contribution in [2.45, 2.75) is 39.7 Å². The standard InChI is InChI=1S/C19H21N3O2/c1-4-8-16(14-9-6-5-7-10-14)21-18(23)15-11-12(2)20-19-17(15)13(3)22-24-19/h5-7,9-11,16H,4,8H2,1-3H3,(H,21,23). The van der Waals surface area contributed by atoms with Crippen molar-refractivity contribution in [1.29, 1.82) is 0 Å². The van der Waals surface area contributed by atoms with Gasteiger partial charge in [-0.05, 0) is 31.9 Å². The number of aryl methyl sites for hydroxylation is 2. The molecule has 0 aliphatic carbocycles. The number of nitrogens with one attached hydrogen (secondary N) is 1. The van der Waals surface area contributed by atoms with Crippen molar-refractivity contribution in [2.75, 3.05) is 0 Å². The Hall–Kier alpha value is -2.69. The highest BCUT2D eigenvalue weighted by atomic mass is 16.5. The fourth-order valence-electron chi connectivity index (χ4n) is 2.93. The maximum atomic E-state index is 12.9. The molecular weight excluding hydrogens is 302 g/mol. The van der Waals surface area contributed by atoms with Crippen LogP contribution in [0.25, 0.3) is 11.1 Å². The second-order valence-electron chi connectivity index (χ2n) is 5.98. The first-order valence-electron chi connectivity index (χ1n) is 8.19. The minimum atomic E-state index is -0.126. The highest BCUT2D eigenvalue weighted by Gasteiger charge is 2.20. The normalized spacial score (nSPS) is 12.3. The van der Waals surface area contributed by atoms with Crippen molar-refractivity contribution < 1.29 is 9.32 Å². The van der Waals surface area contributed by atoms with E-state index in [4.69, 9.17) is 4.52 Å². The van der Waals surface area contributed by atoms with Gasteiger partial charge < -0.3 is 9.84 Å². The molecule has 1 aromatic carbocycles. The van der Waals surface area contributed by atoms with Crippen molar-refractivity contribution in [2.24, 2.45) is 0 Å². The zero-order valence-electron chi connectivity index (χ0n) is 14.2. The first-order chi connectivity index (χ1) is 11.6. The second-order valence-corrected chi connectivity index (χ2v) is 5.98. The van der Waals surface area contributed by atoms with E-state index in [0.29, 0.717) is 22.4 Å². The molecule has 3 aromatic rings. The Kier molecular flexibility index (Phi) is 4.60. The molecule has 2 aromatic heterocycles. The van der Waals surface area contributed by atoms with Gasteiger partial charge in [-0.25, -0.2) is 4.98 Å². The summed E-state index contributed by atoms with van der Waals surface area (Å²) >= 11 is 0. The van der Waals surface area contributed by atoms with E-state index >= 15 is 0 Å².